The van der Waals surface area contributed by atoms with Gasteiger partial charge in [0, 0.05) is 44.0 Å². The number of benzene rings is 1. The molecule has 4 aromatic rings. The van der Waals surface area contributed by atoms with Gasteiger partial charge in [0.25, 0.3) is 0 Å². The number of halogens is 3. The maximum atomic E-state index is 13.8. The summed E-state index contributed by atoms with van der Waals surface area (Å²) in [7, 11) is -3.89. The molecule has 0 aliphatic carbocycles. The number of aryl methyl sites for hydroxylation is 1. The van der Waals surface area contributed by atoms with E-state index in [1.54, 1.807) is 36.5 Å². The van der Waals surface area contributed by atoms with E-state index in [0.29, 0.717) is 22.5 Å². The minimum atomic E-state index is -4.70. The lowest BCUT2D eigenvalue weighted by atomic mass is 9.87. The number of aromatic nitrogens is 4. The second-order valence-electron chi connectivity index (χ2n) is 10.7. The standard InChI is InChI=1S/C28H27F3N6O4S.H2S/c1-17-6-7-18(22(14-25(38)39)19-8-11-37-24(13-19)33-34-27(37)28(29,30)31)12-20(17)15-35-16-21-4-3-10-36(21)26-23(42(35,40)41)5-2-9-32-26;/h2,5-9,11-13,21-22H,3-4,10,14-16H2,1H3,(H,38,39);1H2/t21-,22+;/m0./s1. The van der Waals surface area contributed by atoms with Crippen molar-refractivity contribution in [3.05, 3.63) is 82.9 Å². The van der Waals surface area contributed by atoms with Crippen LogP contribution in [0.15, 0.2) is 59.8 Å². The van der Waals surface area contributed by atoms with Crippen molar-refractivity contribution in [2.75, 3.05) is 18.0 Å². The van der Waals surface area contributed by atoms with Gasteiger partial charge >= 0.3 is 12.1 Å². The summed E-state index contributed by atoms with van der Waals surface area (Å²) in [6, 6.07) is 11.3. The summed E-state index contributed by atoms with van der Waals surface area (Å²) in [6.45, 7) is 2.93. The molecule has 10 nitrogen and oxygen atoms in total. The van der Waals surface area contributed by atoms with Crippen LogP contribution >= 0.6 is 13.5 Å². The molecule has 3 aromatic heterocycles. The number of carboxylic acid groups (broad SMARTS) is 1. The number of hydrogen-bond donors (Lipinski definition) is 1. The molecule has 1 saturated heterocycles. The van der Waals surface area contributed by atoms with Gasteiger partial charge in [-0.25, -0.2) is 13.4 Å². The summed E-state index contributed by atoms with van der Waals surface area (Å²) >= 11 is 0. The number of aliphatic carboxylic acids is 1. The Kier molecular flexibility index (Phi) is 8.17. The van der Waals surface area contributed by atoms with Crippen LogP contribution < -0.4 is 4.90 Å². The van der Waals surface area contributed by atoms with Gasteiger partial charge in [-0.1, -0.05) is 18.2 Å². The molecule has 5 heterocycles. The fourth-order valence-electron chi connectivity index (χ4n) is 5.91. The van der Waals surface area contributed by atoms with Crippen molar-refractivity contribution in [2.45, 2.75) is 55.8 Å². The Bertz CT molecular complexity index is 1800. The first kappa shape index (κ1) is 30.8. The largest absolute Gasteiger partial charge is 0.481 e. The quantitative estimate of drug-likeness (QED) is 0.333. The number of pyridine rings is 2. The van der Waals surface area contributed by atoms with Gasteiger partial charge in [0.15, 0.2) is 5.65 Å². The maximum absolute atomic E-state index is 13.8. The number of hydrogen-bond acceptors (Lipinski definition) is 7. The number of rotatable bonds is 6. The van der Waals surface area contributed by atoms with Gasteiger partial charge in [0.2, 0.25) is 15.8 Å². The second kappa shape index (κ2) is 11.4. The lowest BCUT2D eigenvalue weighted by molar-refractivity contribution is -0.145. The third-order valence-corrected chi connectivity index (χ3v) is 9.86. The van der Waals surface area contributed by atoms with E-state index < -0.39 is 33.9 Å². The first-order chi connectivity index (χ1) is 19.9. The van der Waals surface area contributed by atoms with Crippen LogP contribution in [-0.4, -0.2) is 62.5 Å². The molecular formula is C28H29F3N6O4S2. The minimum Gasteiger partial charge on any atom is -0.481 e. The summed E-state index contributed by atoms with van der Waals surface area (Å²) in [5, 5.41) is 16.6. The molecule has 1 N–H and O–H groups in total. The Balaban J connectivity index is 0.00000368. The first-order valence-corrected chi connectivity index (χ1v) is 14.8. The molecule has 228 valence electrons. The van der Waals surface area contributed by atoms with E-state index in [9.17, 15) is 31.5 Å². The fraction of sp³-hybridized carbons (Fsp3) is 0.357. The number of sulfonamides is 1. The van der Waals surface area contributed by atoms with Crippen LogP contribution in [0.2, 0.25) is 0 Å². The Morgan fingerprint density at radius 3 is 2.65 bits per heavy atom. The van der Waals surface area contributed by atoms with E-state index in [-0.39, 0.29) is 49.6 Å². The van der Waals surface area contributed by atoms with Crippen molar-refractivity contribution in [2.24, 2.45) is 0 Å². The van der Waals surface area contributed by atoms with Crippen molar-refractivity contribution in [1.82, 2.24) is 23.9 Å². The summed E-state index contributed by atoms with van der Waals surface area (Å²) in [5.41, 5.74) is 2.50. The minimum absolute atomic E-state index is 0. The Labute approximate surface area is 252 Å². The molecule has 15 heteroatoms. The molecule has 0 amide bonds. The van der Waals surface area contributed by atoms with Crippen LogP contribution in [0.5, 0.6) is 0 Å². The highest BCUT2D eigenvalue weighted by molar-refractivity contribution is 7.89. The molecule has 0 saturated carbocycles. The summed E-state index contributed by atoms with van der Waals surface area (Å²) in [6.07, 6.45) is -0.496. The summed E-state index contributed by atoms with van der Waals surface area (Å²) in [5.74, 6) is -2.53. The number of nitrogens with zero attached hydrogens (tertiary/aromatic N) is 6. The molecule has 1 fully saturated rings. The predicted octanol–water partition coefficient (Wildman–Crippen LogP) is 4.34. The highest BCUT2D eigenvalue weighted by atomic mass is 32.2. The molecule has 0 radical (unpaired) electrons. The lowest BCUT2D eigenvalue weighted by Crippen LogP contribution is -2.39. The van der Waals surface area contributed by atoms with Gasteiger partial charge < -0.3 is 10.0 Å². The average molecular weight is 635 g/mol. The van der Waals surface area contributed by atoms with Crippen molar-refractivity contribution >= 4 is 41.0 Å². The Morgan fingerprint density at radius 2 is 1.91 bits per heavy atom. The zero-order valence-electron chi connectivity index (χ0n) is 23.0. The zero-order valence-corrected chi connectivity index (χ0v) is 24.8. The monoisotopic (exact) mass is 634 g/mol. The van der Waals surface area contributed by atoms with E-state index in [2.05, 4.69) is 20.1 Å². The van der Waals surface area contributed by atoms with Crippen molar-refractivity contribution in [1.29, 1.82) is 0 Å². The third kappa shape index (κ3) is 5.68. The van der Waals surface area contributed by atoms with E-state index in [0.717, 1.165) is 29.4 Å². The zero-order chi connectivity index (χ0) is 29.8. The highest BCUT2D eigenvalue weighted by Gasteiger charge is 2.40. The molecule has 0 bridgehead atoms. The van der Waals surface area contributed by atoms with Gasteiger partial charge in [-0.2, -0.15) is 31.0 Å². The van der Waals surface area contributed by atoms with Crippen molar-refractivity contribution in [3.8, 4) is 0 Å². The Morgan fingerprint density at radius 1 is 1.14 bits per heavy atom. The highest BCUT2D eigenvalue weighted by Crippen LogP contribution is 2.37. The molecule has 43 heavy (non-hydrogen) atoms. The maximum Gasteiger partial charge on any atom is 0.452 e. The number of carboxylic acids is 1. The number of alkyl halides is 3. The number of carbonyl (C=O) groups is 1. The second-order valence-corrected chi connectivity index (χ2v) is 12.6. The molecule has 0 spiro atoms. The molecule has 2 aliphatic heterocycles. The predicted molar refractivity (Wildman–Crippen MR) is 156 cm³/mol. The van der Waals surface area contributed by atoms with Crippen molar-refractivity contribution in [3.63, 3.8) is 0 Å². The van der Waals surface area contributed by atoms with Gasteiger partial charge in [0.1, 0.15) is 10.7 Å². The van der Waals surface area contributed by atoms with Crippen LogP contribution in [0.1, 0.15) is 53.3 Å². The summed E-state index contributed by atoms with van der Waals surface area (Å²) < 4.78 is 69.9. The normalized spacial score (nSPS) is 18.9. The van der Waals surface area contributed by atoms with Gasteiger partial charge in [0.05, 0.1) is 6.42 Å². The van der Waals surface area contributed by atoms with Crippen LogP contribution in [-0.2, 0) is 27.5 Å². The average Bonchev–Trinajstić information content (AvgIpc) is 3.57. The molecule has 0 unspecified atom stereocenters. The molecule has 6 rings (SSSR count). The molecule has 1 aromatic carbocycles. The van der Waals surface area contributed by atoms with Crippen LogP contribution in [0.3, 0.4) is 0 Å². The molecule has 2 atom stereocenters. The SMILES string of the molecule is Cc1ccc([C@@H](CC(=O)O)c2ccn3c(C(F)(F)F)nnc3c2)cc1CN1C[C@@H]2CCCN2c2ncccc2S1(=O)=O.S. The van der Waals surface area contributed by atoms with Gasteiger partial charge in [-0.05, 0) is 66.3 Å². The third-order valence-electron chi connectivity index (χ3n) is 8.02. The van der Waals surface area contributed by atoms with E-state index in [1.807, 2.05) is 6.92 Å². The topological polar surface area (TPSA) is 121 Å². The van der Waals surface area contributed by atoms with E-state index in [1.165, 1.54) is 22.6 Å². The number of fused-ring (bicyclic) bond motifs is 4. The van der Waals surface area contributed by atoms with Crippen LogP contribution in [0.25, 0.3) is 5.65 Å². The smallest absolute Gasteiger partial charge is 0.452 e. The first-order valence-electron chi connectivity index (χ1n) is 13.4. The van der Waals surface area contributed by atoms with Crippen LogP contribution in [0, 0.1) is 6.92 Å². The van der Waals surface area contributed by atoms with Crippen LogP contribution in [0.4, 0.5) is 19.0 Å². The summed E-state index contributed by atoms with van der Waals surface area (Å²) in [4.78, 5) is 18.5. The van der Waals surface area contributed by atoms with E-state index >= 15 is 0 Å². The van der Waals surface area contributed by atoms with Crippen molar-refractivity contribution < 1.29 is 31.5 Å². The Hall–Kier alpha value is -3.69. The number of anilines is 1. The fourth-order valence-corrected chi connectivity index (χ4v) is 7.52. The van der Waals surface area contributed by atoms with E-state index in [4.69, 9.17) is 0 Å². The lowest BCUT2D eigenvalue weighted by Gasteiger charge is -2.26. The van der Waals surface area contributed by atoms with Gasteiger partial charge in [-0.3, -0.25) is 9.20 Å². The molecule has 2 aliphatic rings. The van der Waals surface area contributed by atoms with Gasteiger partial charge in [-0.15, -0.1) is 10.2 Å². The molecular weight excluding hydrogens is 605 g/mol.